The quantitative estimate of drug-likeness (QED) is 0.648. The fourth-order valence-electron chi connectivity index (χ4n) is 7.04. The van der Waals surface area contributed by atoms with Crippen molar-refractivity contribution in [2.24, 2.45) is 23.2 Å². The predicted octanol–water partition coefficient (Wildman–Crippen LogP) is 3.95. The minimum Gasteiger partial charge on any atom is -0.351 e. The first-order chi connectivity index (χ1) is 16.0. The van der Waals surface area contributed by atoms with E-state index in [0.29, 0.717) is 16.8 Å². The van der Waals surface area contributed by atoms with Gasteiger partial charge >= 0.3 is 0 Å². The van der Waals surface area contributed by atoms with E-state index in [4.69, 9.17) is 0 Å². The molecule has 0 atom stereocenters. The number of nitrogens with one attached hydrogen (secondary N) is 1. The van der Waals surface area contributed by atoms with Crippen molar-refractivity contribution in [3.63, 3.8) is 0 Å². The van der Waals surface area contributed by atoms with E-state index >= 15 is 0 Å². The summed E-state index contributed by atoms with van der Waals surface area (Å²) in [6.45, 7) is 0.751. The highest BCUT2D eigenvalue weighted by Crippen LogP contribution is 2.59. The second-order valence-electron chi connectivity index (χ2n) is 10.5. The Labute approximate surface area is 193 Å². The molecule has 7 nitrogen and oxygen atoms in total. The molecule has 170 valence electrons. The van der Waals surface area contributed by atoms with Crippen molar-refractivity contribution in [3.05, 3.63) is 60.2 Å². The Morgan fingerprint density at radius 3 is 2.42 bits per heavy atom. The van der Waals surface area contributed by atoms with Gasteiger partial charge in [0.25, 0.3) is 11.8 Å². The lowest BCUT2D eigenvalue weighted by molar-refractivity contribution is -0.0503. The fraction of sp³-hybridized carbons (Fsp3) is 0.462. The Kier molecular flexibility index (Phi) is 4.75. The summed E-state index contributed by atoms with van der Waals surface area (Å²) in [5.74, 6) is 2.26. The lowest BCUT2D eigenvalue weighted by Crippen LogP contribution is -2.51. The standard InChI is InChI=1S/C26H29N5O2/c1-30(20-4-6-27-7-5-20)25(33)22-12-23-21(3-2-8-31(23)29-22)24(32)28-16-26-13-17-9-18(14-26)11-19(10-17)15-26/h2-8,12,17-19H,9-11,13-16H2,1H3,(H,28,32). The maximum Gasteiger partial charge on any atom is 0.278 e. The van der Waals surface area contributed by atoms with Gasteiger partial charge in [-0.3, -0.25) is 14.6 Å². The zero-order chi connectivity index (χ0) is 22.6. The molecule has 3 heterocycles. The number of carbonyl (C=O) groups excluding carboxylic acids is 2. The summed E-state index contributed by atoms with van der Waals surface area (Å²) in [6.07, 6.45) is 13.0. The molecular weight excluding hydrogens is 414 g/mol. The molecule has 33 heavy (non-hydrogen) atoms. The molecule has 3 aromatic heterocycles. The molecule has 2 amide bonds. The predicted molar refractivity (Wildman–Crippen MR) is 125 cm³/mol. The summed E-state index contributed by atoms with van der Waals surface area (Å²) >= 11 is 0. The second kappa shape index (κ2) is 7.68. The van der Waals surface area contributed by atoms with E-state index in [9.17, 15) is 9.59 Å². The number of anilines is 1. The van der Waals surface area contributed by atoms with Crippen molar-refractivity contribution in [2.45, 2.75) is 38.5 Å². The van der Waals surface area contributed by atoms with Crippen molar-refractivity contribution in [2.75, 3.05) is 18.5 Å². The van der Waals surface area contributed by atoms with E-state index in [0.717, 1.165) is 30.0 Å². The van der Waals surface area contributed by atoms with E-state index in [2.05, 4.69) is 15.4 Å². The molecule has 7 rings (SSSR count). The normalized spacial score (nSPS) is 27.6. The molecule has 4 fully saturated rings. The third-order valence-electron chi connectivity index (χ3n) is 8.11. The summed E-state index contributed by atoms with van der Waals surface area (Å²) in [6, 6.07) is 8.88. The van der Waals surface area contributed by atoms with Crippen LogP contribution in [0.4, 0.5) is 5.69 Å². The number of carbonyl (C=O) groups is 2. The zero-order valence-electron chi connectivity index (χ0n) is 18.9. The molecule has 4 bridgehead atoms. The highest BCUT2D eigenvalue weighted by Gasteiger charge is 2.50. The Balaban J connectivity index is 1.21. The van der Waals surface area contributed by atoms with E-state index in [1.165, 1.54) is 43.4 Å². The monoisotopic (exact) mass is 443 g/mol. The van der Waals surface area contributed by atoms with Gasteiger partial charge < -0.3 is 10.2 Å². The molecule has 4 aliphatic carbocycles. The summed E-state index contributed by atoms with van der Waals surface area (Å²) < 4.78 is 1.62. The first-order valence-electron chi connectivity index (χ1n) is 11.9. The topological polar surface area (TPSA) is 79.6 Å². The first kappa shape index (κ1) is 20.4. The number of nitrogens with zero attached hydrogens (tertiary/aromatic N) is 4. The van der Waals surface area contributed by atoms with E-state index in [1.807, 2.05) is 6.07 Å². The SMILES string of the molecule is CN(C(=O)c1cc2c(C(=O)NCC34CC5CC(CC(C5)C3)C4)cccn2n1)c1ccncc1. The van der Waals surface area contributed by atoms with Crippen LogP contribution in [-0.2, 0) is 0 Å². The van der Waals surface area contributed by atoms with Gasteiger partial charge in [-0.1, -0.05) is 0 Å². The minimum atomic E-state index is -0.232. The molecule has 0 aromatic carbocycles. The Morgan fingerprint density at radius 1 is 1.09 bits per heavy atom. The summed E-state index contributed by atoms with van der Waals surface area (Å²) in [4.78, 5) is 31.8. The summed E-state index contributed by atoms with van der Waals surface area (Å²) in [7, 11) is 1.71. The van der Waals surface area contributed by atoms with E-state index < -0.39 is 0 Å². The van der Waals surface area contributed by atoms with Gasteiger partial charge in [-0.15, -0.1) is 0 Å². The molecule has 7 heteroatoms. The van der Waals surface area contributed by atoms with Crippen molar-refractivity contribution >= 4 is 23.0 Å². The van der Waals surface area contributed by atoms with Gasteiger partial charge in [0.15, 0.2) is 5.69 Å². The molecule has 4 aliphatic rings. The second-order valence-corrected chi connectivity index (χ2v) is 10.5. The van der Waals surface area contributed by atoms with Crippen LogP contribution in [0.15, 0.2) is 48.9 Å². The van der Waals surface area contributed by atoms with Crippen LogP contribution >= 0.6 is 0 Å². The number of pyridine rings is 2. The molecule has 0 aliphatic heterocycles. The van der Waals surface area contributed by atoms with Gasteiger partial charge in [-0.05, 0) is 92.0 Å². The van der Waals surface area contributed by atoms with Gasteiger partial charge in [0.1, 0.15) is 0 Å². The van der Waals surface area contributed by atoms with Crippen molar-refractivity contribution in [1.29, 1.82) is 0 Å². The molecule has 0 unspecified atom stereocenters. The molecule has 0 saturated heterocycles. The maximum atomic E-state index is 13.2. The fourth-order valence-corrected chi connectivity index (χ4v) is 7.04. The number of amides is 2. The van der Waals surface area contributed by atoms with Gasteiger partial charge in [0.05, 0.1) is 11.1 Å². The number of hydrogen-bond acceptors (Lipinski definition) is 4. The first-order valence-corrected chi connectivity index (χ1v) is 11.9. The minimum absolute atomic E-state index is 0.0854. The number of fused-ring (bicyclic) bond motifs is 1. The van der Waals surface area contributed by atoms with E-state index in [1.54, 1.807) is 54.4 Å². The van der Waals surface area contributed by atoms with Crippen molar-refractivity contribution in [3.8, 4) is 0 Å². The number of aromatic nitrogens is 3. The highest BCUT2D eigenvalue weighted by molar-refractivity contribution is 6.07. The zero-order valence-corrected chi connectivity index (χ0v) is 18.9. The number of rotatable bonds is 5. The highest BCUT2D eigenvalue weighted by atomic mass is 16.2. The molecule has 0 spiro atoms. The molecule has 4 saturated carbocycles. The molecule has 0 radical (unpaired) electrons. The largest absolute Gasteiger partial charge is 0.351 e. The average molecular weight is 444 g/mol. The van der Waals surface area contributed by atoms with Crippen LogP contribution in [0.5, 0.6) is 0 Å². The average Bonchev–Trinajstić information content (AvgIpc) is 3.26. The summed E-state index contributed by atoms with van der Waals surface area (Å²) in [5, 5.41) is 7.70. The van der Waals surface area contributed by atoms with Crippen LogP contribution in [-0.4, -0.2) is 40.0 Å². The van der Waals surface area contributed by atoms with Crippen LogP contribution in [0, 0.1) is 23.2 Å². The van der Waals surface area contributed by atoms with Crippen molar-refractivity contribution in [1.82, 2.24) is 19.9 Å². The van der Waals surface area contributed by atoms with E-state index in [-0.39, 0.29) is 17.2 Å². The smallest absolute Gasteiger partial charge is 0.278 e. The Bertz CT molecular complexity index is 1180. The third kappa shape index (κ3) is 3.59. The molecule has 3 aromatic rings. The van der Waals surface area contributed by atoms with Crippen LogP contribution < -0.4 is 10.2 Å². The molecule has 1 N–H and O–H groups in total. The molecular formula is C26H29N5O2. The van der Waals surface area contributed by atoms with Gasteiger partial charge in [0.2, 0.25) is 0 Å². The lowest BCUT2D eigenvalue weighted by Gasteiger charge is -2.56. The van der Waals surface area contributed by atoms with Crippen LogP contribution in [0.2, 0.25) is 0 Å². The third-order valence-corrected chi connectivity index (χ3v) is 8.11. The van der Waals surface area contributed by atoms with Crippen molar-refractivity contribution < 1.29 is 9.59 Å². The Morgan fingerprint density at radius 2 is 1.76 bits per heavy atom. The lowest BCUT2D eigenvalue weighted by atomic mass is 9.49. The van der Waals surface area contributed by atoms with Gasteiger partial charge in [0, 0.05) is 37.9 Å². The van der Waals surface area contributed by atoms with Gasteiger partial charge in [-0.25, -0.2) is 4.52 Å². The summed E-state index contributed by atoms with van der Waals surface area (Å²) in [5.41, 5.74) is 2.52. The Hall–Kier alpha value is -3.22. The number of hydrogen-bond donors (Lipinski definition) is 1. The van der Waals surface area contributed by atoms with Gasteiger partial charge in [-0.2, -0.15) is 5.10 Å². The van der Waals surface area contributed by atoms with Crippen LogP contribution in [0.3, 0.4) is 0 Å². The van der Waals surface area contributed by atoms with Crippen LogP contribution in [0.25, 0.3) is 5.52 Å². The van der Waals surface area contributed by atoms with Crippen LogP contribution in [0.1, 0.15) is 59.4 Å². The maximum absolute atomic E-state index is 13.2.